The lowest BCUT2D eigenvalue weighted by Crippen LogP contribution is -2.30. The van der Waals surface area contributed by atoms with Crippen LogP contribution in [0.3, 0.4) is 0 Å². The molecule has 1 aromatic rings. The second-order valence-corrected chi connectivity index (χ2v) is 4.88. The van der Waals surface area contributed by atoms with E-state index in [0.29, 0.717) is 6.61 Å². The van der Waals surface area contributed by atoms with Gasteiger partial charge in [0, 0.05) is 17.4 Å². The van der Waals surface area contributed by atoms with Gasteiger partial charge in [-0.1, -0.05) is 18.2 Å². The molecule has 1 aliphatic heterocycles. The average Bonchev–Trinajstić information content (AvgIpc) is 2.79. The van der Waals surface area contributed by atoms with Gasteiger partial charge in [-0.05, 0) is 13.0 Å². The summed E-state index contributed by atoms with van der Waals surface area (Å²) < 4.78 is 5.55. The van der Waals surface area contributed by atoms with Crippen LogP contribution in [-0.4, -0.2) is 28.8 Å². The number of nitrogens with one attached hydrogen (secondary N) is 1. The van der Waals surface area contributed by atoms with Gasteiger partial charge in [0.15, 0.2) is 5.37 Å². The SMILES string of the molecule is CCOc1ccccc1C1CSC(C(=O)O)N1. The van der Waals surface area contributed by atoms with E-state index in [0.717, 1.165) is 17.1 Å². The molecule has 2 atom stereocenters. The van der Waals surface area contributed by atoms with Gasteiger partial charge in [0.25, 0.3) is 0 Å². The van der Waals surface area contributed by atoms with Crippen molar-refractivity contribution in [3.63, 3.8) is 0 Å². The molecular formula is C12H15NO3S. The number of hydrogen-bond acceptors (Lipinski definition) is 4. The molecule has 1 fully saturated rings. The minimum absolute atomic E-state index is 0.0452. The van der Waals surface area contributed by atoms with Crippen molar-refractivity contribution in [1.29, 1.82) is 0 Å². The largest absolute Gasteiger partial charge is 0.494 e. The van der Waals surface area contributed by atoms with Crippen LogP contribution in [0.5, 0.6) is 5.75 Å². The summed E-state index contributed by atoms with van der Waals surface area (Å²) >= 11 is 1.41. The molecule has 0 saturated carbocycles. The average molecular weight is 253 g/mol. The number of carbonyl (C=O) groups is 1. The van der Waals surface area contributed by atoms with Crippen molar-refractivity contribution in [2.75, 3.05) is 12.4 Å². The van der Waals surface area contributed by atoms with Crippen LogP contribution < -0.4 is 10.1 Å². The molecule has 1 heterocycles. The fourth-order valence-corrected chi connectivity index (χ4v) is 2.91. The summed E-state index contributed by atoms with van der Waals surface area (Å²) in [6.07, 6.45) is 0. The van der Waals surface area contributed by atoms with Crippen molar-refractivity contribution in [1.82, 2.24) is 5.32 Å². The Morgan fingerprint density at radius 2 is 2.35 bits per heavy atom. The maximum Gasteiger partial charge on any atom is 0.331 e. The molecule has 1 aliphatic rings. The molecule has 2 rings (SSSR count). The fourth-order valence-electron chi connectivity index (χ4n) is 1.85. The van der Waals surface area contributed by atoms with Crippen molar-refractivity contribution in [3.8, 4) is 5.75 Å². The Hall–Kier alpha value is -1.20. The predicted molar refractivity (Wildman–Crippen MR) is 67.4 cm³/mol. The fraction of sp³-hybridized carbons (Fsp3) is 0.417. The number of para-hydroxylation sites is 1. The summed E-state index contributed by atoms with van der Waals surface area (Å²) in [5, 5.41) is 11.5. The summed E-state index contributed by atoms with van der Waals surface area (Å²) in [7, 11) is 0. The molecule has 17 heavy (non-hydrogen) atoms. The lowest BCUT2D eigenvalue weighted by molar-refractivity contribution is -0.137. The topological polar surface area (TPSA) is 58.6 Å². The Kier molecular flexibility index (Phi) is 3.91. The normalized spacial score (nSPS) is 23.6. The minimum atomic E-state index is -0.814. The molecule has 1 aromatic carbocycles. The van der Waals surface area contributed by atoms with Crippen molar-refractivity contribution in [3.05, 3.63) is 29.8 Å². The zero-order valence-corrected chi connectivity index (χ0v) is 10.4. The standard InChI is InChI=1S/C12H15NO3S/c1-2-16-10-6-4-3-5-8(10)9-7-17-11(13-9)12(14)15/h3-6,9,11,13H,2,7H2,1H3,(H,14,15). The monoisotopic (exact) mass is 253 g/mol. The van der Waals surface area contributed by atoms with E-state index in [1.807, 2.05) is 31.2 Å². The van der Waals surface area contributed by atoms with Crippen LogP contribution in [0.15, 0.2) is 24.3 Å². The number of rotatable bonds is 4. The molecule has 2 N–H and O–H groups in total. The maximum atomic E-state index is 10.9. The second-order valence-electron chi connectivity index (χ2n) is 3.74. The first-order chi connectivity index (χ1) is 8.22. The van der Waals surface area contributed by atoms with Crippen LogP contribution in [-0.2, 0) is 4.79 Å². The zero-order valence-electron chi connectivity index (χ0n) is 9.55. The molecule has 0 amide bonds. The molecule has 0 radical (unpaired) electrons. The van der Waals surface area contributed by atoms with E-state index in [9.17, 15) is 4.79 Å². The van der Waals surface area contributed by atoms with Crippen LogP contribution >= 0.6 is 11.8 Å². The van der Waals surface area contributed by atoms with Crippen LogP contribution in [0, 0.1) is 0 Å². The van der Waals surface area contributed by atoms with Crippen LogP contribution in [0.4, 0.5) is 0 Å². The molecule has 0 spiro atoms. The van der Waals surface area contributed by atoms with Gasteiger partial charge in [0.2, 0.25) is 0 Å². The predicted octanol–water partition coefficient (Wildman–Crippen LogP) is 1.87. The Bertz CT molecular complexity index is 410. The van der Waals surface area contributed by atoms with Gasteiger partial charge in [-0.2, -0.15) is 0 Å². The summed E-state index contributed by atoms with van der Waals surface area (Å²) in [4.78, 5) is 10.9. The Labute approximate surface area is 104 Å². The number of benzene rings is 1. The minimum Gasteiger partial charge on any atom is -0.494 e. The second kappa shape index (κ2) is 5.42. The third-order valence-electron chi connectivity index (χ3n) is 2.60. The van der Waals surface area contributed by atoms with Crippen LogP contribution in [0.25, 0.3) is 0 Å². The van der Waals surface area contributed by atoms with E-state index in [4.69, 9.17) is 9.84 Å². The summed E-state index contributed by atoms with van der Waals surface area (Å²) in [5.41, 5.74) is 1.03. The highest BCUT2D eigenvalue weighted by Crippen LogP contribution is 2.34. The number of hydrogen-bond donors (Lipinski definition) is 2. The van der Waals surface area contributed by atoms with E-state index in [1.165, 1.54) is 11.8 Å². The Balaban J connectivity index is 2.15. The van der Waals surface area contributed by atoms with E-state index in [2.05, 4.69) is 5.32 Å². The van der Waals surface area contributed by atoms with Crippen molar-refractivity contribution in [2.45, 2.75) is 18.3 Å². The van der Waals surface area contributed by atoms with Gasteiger partial charge in [-0.3, -0.25) is 5.32 Å². The molecule has 0 bridgehead atoms. The first kappa shape index (κ1) is 12.3. The highest BCUT2D eigenvalue weighted by Gasteiger charge is 2.31. The maximum absolute atomic E-state index is 10.9. The molecule has 0 aromatic heterocycles. The number of thioether (sulfide) groups is 1. The number of carboxylic acids is 1. The molecule has 2 unspecified atom stereocenters. The lowest BCUT2D eigenvalue weighted by atomic mass is 10.1. The van der Waals surface area contributed by atoms with Crippen molar-refractivity contribution in [2.24, 2.45) is 0 Å². The van der Waals surface area contributed by atoms with Gasteiger partial charge in [-0.25, -0.2) is 4.79 Å². The molecular weight excluding hydrogens is 238 g/mol. The first-order valence-corrected chi connectivity index (χ1v) is 6.59. The third-order valence-corrected chi connectivity index (χ3v) is 3.80. The Morgan fingerprint density at radius 1 is 1.59 bits per heavy atom. The van der Waals surface area contributed by atoms with Gasteiger partial charge in [0.05, 0.1) is 6.61 Å². The number of aliphatic carboxylic acids is 1. The third kappa shape index (κ3) is 2.73. The molecule has 92 valence electrons. The van der Waals surface area contributed by atoms with E-state index < -0.39 is 11.3 Å². The quantitative estimate of drug-likeness (QED) is 0.858. The van der Waals surface area contributed by atoms with E-state index in [1.54, 1.807) is 0 Å². The molecule has 5 heteroatoms. The number of carboxylic acid groups (broad SMARTS) is 1. The molecule has 1 saturated heterocycles. The summed E-state index contributed by atoms with van der Waals surface area (Å²) in [6.45, 7) is 2.55. The first-order valence-electron chi connectivity index (χ1n) is 5.54. The van der Waals surface area contributed by atoms with E-state index >= 15 is 0 Å². The number of ether oxygens (including phenoxy) is 1. The summed E-state index contributed by atoms with van der Waals surface area (Å²) in [5.74, 6) is 0.770. The highest BCUT2D eigenvalue weighted by atomic mass is 32.2. The van der Waals surface area contributed by atoms with Gasteiger partial charge in [-0.15, -0.1) is 11.8 Å². The molecule has 4 nitrogen and oxygen atoms in total. The van der Waals surface area contributed by atoms with Gasteiger partial charge in [0.1, 0.15) is 5.75 Å². The van der Waals surface area contributed by atoms with Crippen molar-refractivity contribution >= 4 is 17.7 Å². The van der Waals surface area contributed by atoms with Crippen molar-refractivity contribution < 1.29 is 14.6 Å². The zero-order chi connectivity index (χ0) is 12.3. The van der Waals surface area contributed by atoms with Crippen LogP contribution in [0.1, 0.15) is 18.5 Å². The lowest BCUT2D eigenvalue weighted by Gasteiger charge is -2.15. The van der Waals surface area contributed by atoms with E-state index in [-0.39, 0.29) is 6.04 Å². The van der Waals surface area contributed by atoms with Crippen LogP contribution in [0.2, 0.25) is 0 Å². The van der Waals surface area contributed by atoms with Gasteiger partial charge < -0.3 is 9.84 Å². The summed E-state index contributed by atoms with van der Waals surface area (Å²) in [6, 6.07) is 7.81. The highest BCUT2D eigenvalue weighted by molar-refractivity contribution is 8.00. The Morgan fingerprint density at radius 3 is 3.00 bits per heavy atom. The van der Waals surface area contributed by atoms with Gasteiger partial charge >= 0.3 is 5.97 Å². The molecule has 0 aliphatic carbocycles. The smallest absolute Gasteiger partial charge is 0.331 e.